The third kappa shape index (κ3) is 5.35. The van der Waals surface area contributed by atoms with Crippen LogP contribution in [0.3, 0.4) is 0 Å². The summed E-state index contributed by atoms with van der Waals surface area (Å²) >= 11 is 0. The lowest BCUT2D eigenvalue weighted by atomic mass is 10.1. The van der Waals surface area contributed by atoms with Crippen LogP contribution in [0, 0.1) is 0 Å². The Kier molecular flexibility index (Phi) is 6.08. The van der Waals surface area contributed by atoms with Crippen molar-refractivity contribution in [3.05, 3.63) is 0 Å². The SMILES string of the molecule is CC(=O)NCCN(C1CCCCCC1)S(C)(=O)=O. The Morgan fingerprint density at radius 1 is 1.22 bits per heavy atom. The summed E-state index contributed by atoms with van der Waals surface area (Å²) in [5.41, 5.74) is 0. The van der Waals surface area contributed by atoms with Crippen LogP contribution < -0.4 is 5.32 Å². The van der Waals surface area contributed by atoms with Gasteiger partial charge in [0.05, 0.1) is 6.26 Å². The first-order valence-corrected chi connectivity index (χ1v) is 8.47. The zero-order valence-corrected chi connectivity index (χ0v) is 12.1. The number of sulfonamides is 1. The lowest BCUT2D eigenvalue weighted by Crippen LogP contribution is -2.43. The standard InChI is InChI=1S/C12H24N2O3S/c1-11(15)13-9-10-14(18(2,16)17)12-7-5-3-4-6-8-12/h12H,3-10H2,1-2H3,(H,13,15). The van der Waals surface area contributed by atoms with Crippen molar-refractivity contribution in [2.24, 2.45) is 0 Å². The molecule has 0 aromatic heterocycles. The minimum Gasteiger partial charge on any atom is -0.355 e. The molecule has 106 valence electrons. The molecule has 0 saturated heterocycles. The van der Waals surface area contributed by atoms with Crippen molar-refractivity contribution in [3.63, 3.8) is 0 Å². The van der Waals surface area contributed by atoms with Gasteiger partial charge >= 0.3 is 0 Å². The molecule has 0 bridgehead atoms. The maximum Gasteiger partial charge on any atom is 0.216 e. The van der Waals surface area contributed by atoms with Gasteiger partial charge in [0.1, 0.15) is 0 Å². The van der Waals surface area contributed by atoms with Crippen LogP contribution in [0.25, 0.3) is 0 Å². The number of carbonyl (C=O) groups excluding carboxylic acids is 1. The van der Waals surface area contributed by atoms with E-state index >= 15 is 0 Å². The van der Waals surface area contributed by atoms with Crippen LogP contribution in [0.1, 0.15) is 45.4 Å². The maximum atomic E-state index is 11.8. The fourth-order valence-electron chi connectivity index (χ4n) is 2.51. The molecule has 6 heteroatoms. The third-order valence-corrected chi connectivity index (χ3v) is 4.70. The van der Waals surface area contributed by atoms with Crippen molar-refractivity contribution in [3.8, 4) is 0 Å². The summed E-state index contributed by atoms with van der Waals surface area (Å²) in [7, 11) is -3.20. The van der Waals surface area contributed by atoms with E-state index in [0.29, 0.717) is 13.1 Å². The zero-order valence-electron chi connectivity index (χ0n) is 11.3. The van der Waals surface area contributed by atoms with Gasteiger partial charge in [0.2, 0.25) is 15.9 Å². The number of carbonyl (C=O) groups is 1. The van der Waals surface area contributed by atoms with Crippen LogP contribution in [0.4, 0.5) is 0 Å². The lowest BCUT2D eigenvalue weighted by Gasteiger charge is -2.28. The van der Waals surface area contributed by atoms with Gasteiger partial charge in [0.25, 0.3) is 0 Å². The zero-order chi connectivity index (χ0) is 13.6. The van der Waals surface area contributed by atoms with Gasteiger partial charge in [0, 0.05) is 26.1 Å². The van der Waals surface area contributed by atoms with Crippen molar-refractivity contribution >= 4 is 15.9 Å². The van der Waals surface area contributed by atoms with Gasteiger partial charge in [-0.05, 0) is 12.8 Å². The van der Waals surface area contributed by atoms with E-state index in [2.05, 4.69) is 5.32 Å². The first-order chi connectivity index (χ1) is 8.41. The summed E-state index contributed by atoms with van der Waals surface area (Å²) < 4.78 is 25.2. The minimum absolute atomic E-state index is 0.108. The largest absolute Gasteiger partial charge is 0.355 e. The predicted molar refractivity (Wildman–Crippen MR) is 71.7 cm³/mol. The molecular formula is C12H24N2O3S. The molecule has 1 aliphatic carbocycles. The minimum atomic E-state index is -3.20. The second kappa shape index (κ2) is 7.09. The van der Waals surface area contributed by atoms with Crippen LogP contribution in [0.15, 0.2) is 0 Å². The molecule has 0 spiro atoms. The number of nitrogens with zero attached hydrogens (tertiary/aromatic N) is 1. The maximum absolute atomic E-state index is 11.8. The summed E-state index contributed by atoms with van der Waals surface area (Å²) in [4.78, 5) is 10.8. The topological polar surface area (TPSA) is 66.5 Å². The number of hydrogen-bond donors (Lipinski definition) is 1. The smallest absolute Gasteiger partial charge is 0.216 e. The highest BCUT2D eigenvalue weighted by atomic mass is 32.2. The van der Waals surface area contributed by atoms with E-state index < -0.39 is 10.0 Å². The molecule has 1 fully saturated rings. The first-order valence-electron chi connectivity index (χ1n) is 6.62. The van der Waals surface area contributed by atoms with Crippen molar-refractivity contribution < 1.29 is 13.2 Å². The van der Waals surface area contributed by atoms with Crippen molar-refractivity contribution in [2.45, 2.75) is 51.5 Å². The van der Waals surface area contributed by atoms with Crippen LogP contribution in [0.2, 0.25) is 0 Å². The highest BCUT2D eigenvalue weighted by molar-refractivity contribution is 7.88. The van der Waals surface area contributed by atoms with Gasteiger partial charge in [-0.1, -0.05) is 25.7 Å². The van der Waals surface area contributed by atoms with Crippen LogP contribution in [-0.2, 0) is 14.8 Å². The van der Waals surface area contributed by atoms with Crippen LogP contribution in [0.5, 0.6) is 0 Å². The van der Waals surface area contributed by atoms with Crippen molar-refractivity contribution in [2.75, 3.05) is 19.3 Å². The molecule has 1 N–H and O–H groups in total. The molecule has 0 aromatic carbocycles. The summed E-state index contributed by atoms with van der Waals surface area (Å²) in [5, 5.41) is 2.66. The van der Waals surface area contributed by atoms with E-state index in [-0.39, 0.29) is 11.9 Å². The summed E-state index contributed by atoms with van der Waals surface area (Å²) in [6, 6.07) is 0.108. The Morgan fingerprint density at radius 2 is 1.78 bits per heavy atom. The third-order valence-electron chi connectivity index (χ3n) is 3.36. The van der Waals surface area contributed by atoms with E-state index in [0.717, 1.165) is 25.7 Å². The molecule has 1 saturated carbocycles. The molecule has 0 atom stereocenters. The molecule has 1 aliphatic rings. The normalized spacial score (nSPS) is 18.6. The molecule has 0 aliphatic heterocycles. The predicted octanol–water partition coefficient (Wildman–Crippen LogP) is 1.11. The Hall–Kier alpha value is -0.620. The van der Waals surface area contributed by atoms with Gasteiger partial charge in [0.15, 0.2) is 0 Å². The Balaban J connectivity index is 2.62. The Bertz CT molecular complexity index is 360. The lowest BCUT2D eigenvalue weighted by molar-refractivity contribution is -0.119. The van der Waals surface area contributed by atoms with Gasteiger partial charge in [-0.2, -0.15) is 4.31 Å². The fourth-order valence-corrected chi connectivity index (χ4v) is 3.68. The van der Waals surface area contributed by atoms with Gasteiger partial charge < -0.3 is 5.32 Å². The molecule has 0 radical (unpaired) electrons. The molecule has 5 nitrogen and oxygen atoms in total. The molecule has 1 amide bonds. The highest BCUT2D eigenvalue weighted by Crippen LogP contribution is 2.23. The van der Waals surface area contributed by atoms with Crippen LogP contribution >= 0.6 is 0 Å². The van der Waals surface area contributed by atoms with E-state index in [4.69, 9.17) is 0 Å². The molecule has 0 heterocycles. The van der Waals surface area contributed by atoms with E-state index in [1.807, 2.05) is 0 Å². The summed E-state index contributed by atoms with van der Waals surface area (Å²) in [6.07, 6.45) is 7.71. The van der Waals surface area contributed by atoms with E-state index in [9.17, 15) is 13.2 Å². The molecule has 0 aromatic rings. The van der Waals surface area contributed by atoms with Crippen molar-refractivity contribution in [1.29, 1.82) is 0 Å². The summed E-state index contributed by atoms with van der Waals surface area (Å²) in [6.45, 7) is 2.21. The quantitative estimate of drug-likeness (QED) is 0.765. The summed E-state index contributed by atoms with van der Waals surface area (Å²) in [5.74, 6) is -0.121. The average molecular weight is 276 g/mol. The van der Waals surface area contributed by atoms with E-state index in [1.54, 1.807) is 4.31 Å². The Morgan fingerprint density at radius 3 is 2.22 bits per heavy atom. The van der Waals surface area contributed by atoms with Gasteiger partial charge in [-0.25, -0.2) is 8.42 Å². The molecular weight excluding hydrogens is 252 g/mol. The van der Waals surface area contributed by atoms with Crippen molar-refractivity contribution in [1.82, 2.24) is 9.62 Å². The first kappa shape index (κ1) is 15.4. The number of nitrogens with one attached hydrogen (secondary N) is 1. The van der Waals surface area contributed by atoms with Gasteiger partial charge in [-0.3, -0.25) is 4.79 Å². The second-order valence-electron chi connectivity index (χ2n) is 5.00. The average Bonchev–Trinajstić information content (AvgIpc) is 2.50. The number of amides is 1. The monoisotopic (exact) mass is 276 g/mol. The molecule has 0 unspecified atom stereocenters. The molecule has 1 rings (SSSR count). The number of hydrogen-bond acceptors (Lipinski definition) is 3. The number of rotatable bonds is 5. The molecule has 18 heavy (non-hydrogen) atoms. The second-order valence-corrected chi connectivity index (χ2v) is 6.94. The van der Waals surface area contributed by atoms with E-state index in [1.165, 1.54) is 26.0 Å². The van der Waals surface area contributed by atoms with Gasteiger partial charge in [-0.15, -0.1) is 0 Å². The fraction of sp³-hybridized carbons (Fsp3) is 0.917. The Labute approximate surface area is 110 Å². The van der Waals surface area contributed by atoms with Crippen LogP contribution in [-0.4, -0.2) is 44.0 Å². The highest BCUT2D eigenvalue weighted by Gasteiger charge is 2.26.